The maximum atomic E-state index is 12.6. The van der Waals surface area contributed by atoms with E-state index in [4.69, 9.17) is 4.74 Å². The van der Waals surface area contributed by atoms with Crippen LogP contribution in [0, 0.1) is 5.92 Å². The van der Waals surface area contributed by atoms with Crippen molar-refractivity contribution in [3.63, 3.8) is 0 Å². The topological polar surface area (TPSA) is 63.5 Å². The van der Waals surface area contributed by atoms with E-state index in [0.29, 0.717) is 24.0 Å². The zero-order chi connectivity index (χ0) is 18.1. The maximum absolute atomic E-state index is 12.6. The van der Waals surface area contributed by atoms with Gasteiger partial charge in [-0.05, 0) is 38.4 Å². The molecule has 2 fully saturated rings. The Morgan fingerprint density at radius 3 is 2.88 bits per heavy atom. The highest BCUT2D eigenvalue weighted by Crippen LogP contribution is 2.38. The number of nitrogens with zero attached hydrogens (tertiary/aromatic N) is 5. The van der Waals surface area contributed by atoms with Crippen molar-refractivity contribution in [3.05, 3.63) is 42.4 Å². The normalized spacial score (nSPS) is 22.2. The van der Waals surface area contributed by atoms with Gasteiger partial charge in [-0.3, -0.25) is 14.4 Å². The fourth-order valence-electron chi connectivity index (χ4n) is 4.08. The van der Waals surface area contributed by atoms with E-state index in [2.05, 4.69) is 22.0 Å². The van der Waals surface area contributed by atoms with E-state index < -0.39 is 0 Å². The second-order valence-electron chi connectivity index (χ2n) is 7.55. The second kappa shape index (κ2) is 6.72. The molecule has 1 spiro atoms. The zero-order valence-corrected chi connectivity index (χ0v) is 15.3. The molecule has 7 heteroatoms. The van der Waals surface area contributed by atoms with E-state index >= 15 is 0 Å². The number of aryl methyl sites for hydroxylation is 1. The van der Waals surface area contributed by atoms with Gasteiger partial charge in [0.1, 0.15) is 0 Å². The molecule has 138 valence electrons. The van der Waals surface area contributed by atoms with Crippen LogP contribution in [0.3, 0.4) is 0 Å². The third-order valence-electron chi connectivity index (χ3n) is 5.67. The fourth-order valence-corrected chi connectivity index (χ4v) is 4.08. The number of piperidine rings is 1. The number of aromatic nitrogens is 3. The summed E-state index contributed by atoms with van der Waals surface area (Å²) in [5.41, 5.74) is 0.740. The molecule has 7 nitrogen and oxygen atoms in total. The minimum Gasteiger partial charge on any atom is -0.477 e. The van der Waals surface area contributed by atoms with Crippen molar-refractivity contribution in [3.8, 4) is 5.88 Å². The second-order valence-corrected chi connectivity index (χ2v) is 7.55. The molecule has 4 rings (SSSR count). The van der Waals surface area contributed by atoms with E-state index in [1.165, 1.54) is 0 Å². The van der Waals surface area contributed by atoms with Gasteiger partial charge in [0.2, 0.25) is 5.88 Å². The summed E-state index contributed by atoms with van der Waals surface area (Å²) >= 11 is 0. The van der Waals surface area contributed by atoms with Crippen molar-refractivity contribution >= 4 is 5.91 Å². The van der Waals surface area contributed by atoms with Crippen LogP contribution in [0.1, 0.15) is 23.2 Å². The molecule has 2 aliphatic heterocycles. The molecule has 26 heavy (non-hydrogen) atoms. The van der Waals surface area contributed by atoms with E-state index in [1.54, 1.807) is 23.3 Å². The van der Waals surface area contributed by atoms with Crippen LogP contribution >= 0.6 is 0 Å². The first-order chi connectivity index (χ1) is 12.6. The molecule has 0 saturated carbocycles. The number of rotatable bonds is 4. The molecule has 0 radical (unpaired) electrons. The molecule has 4 heterocycles. The minimum atomic E-state index is 0.0731. The molecule has 0 bridgehead atoms. The average molecular weight is 355 g/mol. The fraction of sp³-hybridized carbons (Fsp3) is 0.526. The Morgan fingerprint density at radius 2 is 2.19 bits per heavy atom. The minimum absolute atomic E-state index is 0.0731. The van der Waals surface area contributed by atoms with Crippen molar-refractivity contribution in [1.29, 1.82) is 0 Å². The Balaban J connectivity index is 1.35. The Morgan fingerprint density at radius 1 is 1.35 bits per heavy atom. The molecule has 0 aliphatic carbocycles. The highest BCUT2D eigenvalue weighted by Gasteiger charge is 2.51. The lowest BCUT2D eigenvalue weighted by atomic mass is 9.75. The first kappa shape index (κ1) is 17.0. The number of likely N-dealkylation sites (tertiary alicyclic amines) is 2. The molecule has 1 unspecified atom stereocenters. The Labute approximate surface area is 153 Å². The maximum Gasteiger partial charge on any atom is 0.257 e. The lowest BCUT2D eigenvalue weighted by Gasteiger charge is -2.58. The number of hydrogen-bond acceptors (Lipinski definition) is 5. The largest absolute Gasteiger partial charge is 0.477 e. The third kappa shape index (κ3) is 3.19. The number of likely N-dealkylation sites (N-methyl/N-ethyl adjacent to an activating group) is 1. The van der Waals surface area contributed by atoms with Crippen molar-refractivity contribution in [2.24, 2.45) is 13.0 Å². The van der Waals surface area contributed by atoms with Gasteiger partial charge in [0.25, 0.3) is 5.91 Å². The number of carbonyl (C=O) groups is 1. The summed E-state index contributed by atoms with van der Waals surface area (Å²) < 4.78 is 7.53. The predicted molar refractivity (Wildman–Crippen MR) is 96.9 cm³/mol. The SMILES string of the molecule is CN1CCC(COc2ccccn2)CC12CN(C(=O)c1cnn(C)c1)C2. The van der Waals surface area contributed by atoms with Crippen LogP contribution in [0.15, 0.2) is 36.8 Å². The molecule has 2 aromatic rings. The van der Waals surface area contributed by atoms with Gasteiger partial charge in [-0.1, -0.05) is 6.07 Å². The van der Waals surface area contributed by atoms with Gasteiger partial charge in [0.15, 0.2) is 0 Å². The number of ether oxygens (including phenoxy) is 1. The lowest BCUT2D eigenvalue weighted by Crippen LogP contribution is -2.72. The summed E-state index contributed by atoms with van der Waals surface area (Å²) in [5, 5.41) is 4.10. The number of amides is 1. The van der Waals surface area contributed by atoms with Crippen LogP contribution < -0.4 is 4.74 Å². The van der Waals surface area contributed by atoms with Crippen LogP contribution in [0.25, 0.3) is 0 Å². The molecule has 0 aromatic carbocycles. The van der Waals surface area contributed by atoms with E-state index in [9.17, 15) is 4.79 Å². The third-order valence-corrected chi connectivity index (χ3v) is 5.67. The number of hydrogen-bond donors (Lipinski definition) is 0. The van der Waals surface area contributed by atoms with Crippen LogP contribution in [-0.2, 0) is 7.05 Å². The average Bonchev–Trinajstić information content (AvgIpc) is 3.06. The van der Waals surface area contributed by atoms with Gasteiger partial charge in [-0.2, -0.15) is 5.10 Å². The van der Waals surface area contributed by atoms with Gasteiger partial charge in [0.05, 0.1) is 23.9 Å². The van der Waals surface area contributed by atoms with Crippen LogP contribution in [0.4, 0.5) is 0 Å². The molecule has 2 aliphatic rings. The van der Waals surface area contributed by atoms with Gasteiger partial charge in [-0.15, -0.1) is 0 Å². The summed E-state index contributed by atoms with van der Waals surface area (Å²) in [5.74, 6) is 1.25. The monoisotopic (exact) mass is 355 g/mol. The number of pyridine rings is 1. The van der Waals surface area contributed by atoms with Crippen molar-refractivity contribution in [2.45, 2.75) is 18.4 Å². The summed E-state index contributed by atoms with van der Waals surface area (Å²) in [6, 6.07) is 5.72. The van der Waals surface area contributed by atoms with E-state index in [0.717, 1.165) is 32.5 Å². The van der Waals surface area contributed by atoms with Gasteiger partial charge < -0.3 is 9.64 Å². The zero-order valence-electron chi connectivity index (χ0n) is 15.3. The first-order valence-electron chi connectivity index (χ1n) is 9.09. The predicted octanol–water partition coefficient (Wildman–Crippen LogP) is 1.43. The first-order valence-corrected chi connectivity index (χ1v) is 9.09. The number of carbonyl (C=O) groups excluding carboxylic acids is 1. The van der Waals surface area contributed by atoms with E-state index in [1.807, 2.05) is 30.1 Å². The highest BCUT2D eigenvalue weighted by molar-refractivity contribution is 5.94. The van der Waals surface area contributed by atoms with Crippen LogP contribution in [-0.4, -0.2) is 69.3 Å². The molecular formula is C19H25N5O2. The Hall–Kier alpha value is -2.41. The Bertz CT molecular complexity index is 769. The molecule has 1 amide bonds. The van der Waals surface area contributed by atoms with Crippen molar-refractivity contribution in [2.75, 3.05) is 33.3 Å². The van der Waals surface area contributed by atoms with Crippen LogP contribution in [0.5, 0.6) is 5.88 Å². The summed E-state index contributed by atoms with van der Waals surface area (Å²) in [7, 11) is 4.00. The molecule has 2 saturated heterocycles. The van der Waals surface area contributed by atoms with Crippen molar-refractivity contribution in [1.82, 2.24) is 24.6 Å². The summed E-state index contributed by atoms with van der Waals surface area (Å²) in [4.78, 5) is 21.2. The summed E-state index contributed by atoms with van der Waals surface area (Å²) in [6.07, 6.45) is 7.33. The quantitative estimate of drug-likeness (QED) is 0.830. The smallest absolute Gasteiger partial charge is 0.257 e. The molecule has 1 atom stereocenters. The van der Waals surface area contributed by atoms with Crippen LogP contribution in [0.2, 0.25) is 0 Å². The highest BCUT2D eigenvalue weighted by atomic mass is 16.5. The van der Waals surface area contributed by atoms with Gasteiger partial charge in [-0.25, -0.2) is 4.98 Å². The van der Waals surface area contributed by atoms with E-state index in [-0.39, 0.29) is 11.4 Å². The molecule has 2 aromatic heterocycles. The van der Waals surface area contributed by atoms with Gasteiger partial charge in [0, 0.05) is 38.6 Å². The molecule has 0 N–H and O–H groups in total. The Kier molecular flexibility index (Phi) is 4.40. The standard InChI is InChI=1S/C19H25N5O2/c1-22-8-6-15(12-26-17-5-3-4-7-20-17)9-19(22)13-24(14-19)18(25)16-10-21-23(2)11-16/h3-5,7,10-11,15H,6,8-9,12-14H2,1-2H3. The summed E-state index contributed by atoms with van der Waals surface area (Å²) in [6.45, 7) is 3.27. The van der Waals surface area contributed by atoms with Crippen molar-refractivity contribution < 1.29 is 9.53 Å². The molecular weight excluding hydrogens is 330 g/mol. The lowest BCUT2D eigenvalue weighted by molar-refractivity contribution is -0.0695. The van der Waals surface area contributed by atoms with Gasteiger partial charge >= 0.3 is 0 Å².